The fourth-order valence-electron chi connectivity index (χ4n) is 3.21. The van der Waals surface area contributed by atoms with Crippen molar-refractivity contribution >= 4 is 11.6 Å². The molecule has 6 nitrogen and oxygen atoms in total. The van der Waals surface area contributed by atoms with Gasteiger partial charge in [0.05, 0.1) is 12.6 Å². The second-order valence-electron chi connectivity index (χ2n) is 6.98. The van der Waals surface area contributed by atoms with Gasteiger partial charge in [-0.05, 0) is 25.1 Å². The highest BCUT2D eigenvalue weighted by molar-refractivity contribution is 5.95. The molecule has 24 heavy (non-hydrogen) atoms. The van der Waals surface area contributed by atoms with Crippen LogP contribution in [0.5, 0.6) is 0 Å². The maximum absolute atomic E-state index is 12.9. The third-order valence-electron chi connectivity index (χ3n) is 4.46. The third-order valence-corrected chi connectivity index (χ3v) is 4.46. The van der Waals surface area contributed by atoms with E-state index < -0.39 is 0 Å². The predicted molar refractivity (Wildman–Crippen MR) is 94.3 cm³/mol. The molecule has 0 aliphatic carbocycles. The molecule has 1 aliphatic heterocycles. The Bertz CT molecular complexity index is 750. The Kier molecular flexibility index (Phi) is 4.30. The van der Waals surface area contributed by atoms with Gasteiger partial charge in [0.2, 0.25) is 0 Å². The average Bonchev–Trinajstić information content (AvgIpc) is 2.99. The SMILES string of the molecule is CC(C)c1nnc2n1[C@@H](C)CN(C(=O)c1cccc(N(C)C)c1)C2. The Hall–Kier alpha value is -2.37. The molecule has 0 radical (unpaired) electrons. The molecule has 6 heteroatoms. The van der Waals surface area contributed by atoms with Gasteiger partial charge in [-0.2, -0.15) is 0 Å². The van der Waals surface area contributed by atoms with E-state index in [-0.39, 0.29) is 11.9 Å². The number of hydrogen-bond donors (Lipinski definition) is 0. The molecule has 0 unspecified atom stereocenters. The first kappa shape index (κ1) is 16.5. The normalized spacial score (nSPS) is 17.1. The lowest BCUT2D eigenvalue weighted by Crippen LogP contribution is -2.40. The van der Waals surface area contributed by atoms with Crippen molar-refractivity contribution in [1.82, 2.24) is 19.7 Å². The van der Waals surface area contributed by atoms with Crippen LogP contribution in [0.3, 0.4) is 0 Å². The van der Waals surface area contributed by atoms with Crippen molar-refractivity contribution in [3.8, 4) is 0 Å². The lowest BCUT2D eigenvalue weighted by atomic mass is 10.1. The summed E-state index contributed by atoms with van der Waals surface area (Å²) in [4.78, 5) is 16.8. The Morgan fingerprint density at radius 1 is 1.29 bits per heavy atom. The van der Waals surface area contributed by atoms with E-state index in [0.717, 1.165) is 17.3 Å². The summed E-state index contributed by atoms with van der Waals surface area (Å²) in [5.41, 5.74) is 1.74. The number of hydrogen-bond acceptors (Lipinski definition) is 4. The Labute approximate surface area is 143 Å². The molecular weight excluding hydrogens is 302 g/mol. The molecule has 0 saturated carbocycles. The summed E-state index contributed by atoms with van der Waals surface area (Å²) >= 11 is 0. The number of carbonyl (C=O) groups is 1. The van der Waals surface area contributed by atoms with Gasteiger partial charge in [-0.25, -0.2) is 0 Å². The van der Waals surface area contributed by atoms with E-state index in [2.05, 4.69) is 35.5 Å². The average molecular weight is 327 g/mol. The van der Waals surface area contributed by atoms with Crippen LogP contribution in [0.4, 0.5) is 5.69 Å². The van der Waals surface area contributed by atoms with Gasteiger partial charge < -0.3 is 14.4 Å². The zero-order chi connectivity index (χ0) is 17.4. The minimum absolute atomic E-state index is 0.0471. The van der Waals surface area contributed by atoms with Crippen molar-refractivity contribution < 1.29 is 4.79 Å². The van der Waals surface area contributed by atoms with E-state index in [0.29, 0.717) is 24.6 Å². The van der Waals surface area contributed by atoms with E-state index in [9.17, 15) is 4.79 Å². The van der Waals surface area contributed by atoms with E-state index >= 15 is 0 Å². The number of nitrogens with zero attached hydrogens (tertiary/aromatic N) is 5. The molecule has 1 amide bonds. The van der Waals surface area contributed by atoms with Gasteiger partial charge in [0.25, 0.3) is 5.91 Å². The van der Waals surface area contributed by atoms with E-state index in [4.69, 9.17) is 0 Å². The van der Waals surface area contributed by atoms with Crippen LogP contribution in [0.2, 0.25) is 0 Å². The van der Waals surface area contributed by atoms with Gasteiger partial charge >= 0.3 is 0 Å². The predicted octanol–water partition coefficient (Wildman–Crippen LogP) is 2.68. The van der Waals surface area contributed by atoms with E-state index in [1.165, 1.54) is 0 Å². The summed E-state index contributed by atoms with van der Waals surface area (Å²) in [6.07, 6.45) is 0. The molecule has 0 bridgehead atoms. The van der Waals surface area contributed by atoms with Crippen molar-refractivity contribution in [2.24, 2.45) is 0 Å². The molecule has 1 aliphatic rings. The Morgan fingerprint density at radius 3 is 2.71 bits per heavy atom. The van der Waals surface area contributed by atoms with E-state index in [1.54, 1.807) is 0 Å². The third kappa shape index (κ3) is 2.88. The number of rotatable bonds is 3. The number of fused-ring (bicyclic) bond motifs is 1. The largest absolute Gasteiger partial charge is 0.378 e. The summed E-state index contributed by atoms with van der Waals surface area (Å²) in [7, 11) is 3.95. The Balaban J connectivity index is 1.86. The van der Waals surface area contributed by atoms with Crippen LogP contribution < -0.4 is 4.90 Å². The van der Waals surface area contributed by atoms with Crippen LogP contribution in [-0.2, 0) is 6.54 Å². The maximum atomic E-state index is 12.9. The molecule has 0 spiro atoms. The summed E-state index contributed by atoms with van der Waals surface area (Å²) in [6, 6.07) is 7.92. The molecule has 1 aromatic heterocycles. The molecule has 0 saturated heterocycles. The highest BCUT2D eigenvalue weighted by Crippen LogP contribution is 2.26. The first-order valence-corrected chi connectivity index (χ1v) is 8.38. The van der Waals surface area contributed by atoms with Crippen molar-refractivity contribution in [2.45, 2.75) is 39.3 Å². The fraction of sp³-hybridized carbons (Fsp3) is 0.500. The van der Waals surface area contributed by atoms with Crippen molar-refractivity contribution in [2.75, 3.05) is 25.5 Å². The lowest BCUT2D eigenvalue weighted by molar-refractivity contribution is 0.0679. The highest BCUT2D eigenvalue weighted by atomic mass is 16.2. The first-order chi connectivity index (χ1) is 11.4. The van der Waals surface area contributed by atoms with Crippen LogP contribution in [-0.4, -0.2) is 46.2 Å². The van der Waals surface area contributed by atoms with Crippen molar-refractivity contribution in [3.63, 3.8) is 0 Å². The molecule has 2 aromatic rings. The van der Waals surface area contributed by atoms with Crippen LogP contribution >= 0.6 is 0 Å². The van der Waals surface area contributed by atoms with Gasteiger partial charge in [0.15, 0.2) is 5.82 Å². The molecule has 0 N–H and O–H groups in total. The first-order valence-electron chi connectivity index (χ1n) is 8.38. The second kappa shape index (κ2) is 6.26. The number of carbonyl (C=O) groups excluding carboxylic acids is 1. The molecule has 128 valence electrons. The zero-order valence-electron chi connectivity index (χ0n) is 15.0. The second-order valence-corrected chi connectivity index (χ2v) is 6.98. The monoisotopic (exact) mass is 327 g/mol. The van der Waals surface area contributed by atoms with Crippen LogP contribution in [0, 0.1) is 0 Å². The molecule has 3 rings (SSSR count). The number of amides is 1. The fourth-order valence-corrected chi connectivity index (χ4v) is 3.21. The van der Waals surface area contributed by atoms with E-state index in [1.807, 2.05) is 48.2 Å². The molecular formula is C18H25N5O. The standard InChI is InChI=1S/C18H25N5O/c1-12(2)17-20-19-16-11-22(10-13(3)23(16)17)18(24)14-7-6-8-15(9-14)21(4)5/h6-9,12-13H,10-11H2,1-5H3/t13-/m0/s1. The molecule has 0 fully saturated rings. The summed E-state index contributed by atoms with van der Waals surface area (Å²) in [5.74, 6) is 2.24. The smallest absolute Gasteiger partial charge is 0.254 e. The highest BCUT2D eigenvalue weighted by Gasteiger charge is 2.30. The summed E-state index contributed by atoms with van der Waals surface area (Å²) < 4.78 is 2.19. The van der Waals surface area contributed by atoms with Gasteiger partial charge in [0, 0.05) is 37.8 Å². The minimum Gasteiger partial charge on any atom is -0.378 e. The van der Waals surface area contributed by atoms with Crippen molar-refractivity contribution in [3.05, 3.63) is 41.5 Å². The topological polar surface area (TPSA) is 54.3 Å². The van der Waals surface area contributed by atoms with Crippen LogP contribution in [0.15, 0.2) is 24.3 Å². The summed E-state index contributed by atoms with van der Waals surface area (Å²) in [5, 5.41) is 8.63. The van der Waals surface area contributed by atoms with Gasteiger partial charge in [-0.1, -0.05) is 19.9 Å². The number of anilines is 1. The maximum Gasteiger partial charge on any atom is 0.254 e. The lowest BCUT2D eigenvalue weighted by Gasteiger charge is -2.33. The van der Waals surface area contributed by atoms with Gasteiger partial charge in [-0.3, -0.25) is 4.79 Å². The van der Waals surface area contributed by atoms with Crippen LogP contribution in [0.25, 0.3) is 0 Å². The number of aromatic nitrogens is 3. The quantitative estimate of drug-likeness (QED) is 0.870. The minimum atomic E-state index is 0.0471. The summed E-state index contributed by atoms with van der Waals surface area (Å²) in [6.45, 7) is 7.54. The molecule has 1 aromatic carbocycles. The molecule has 2 heterocycles. The van der Waals surface area contributed by atoms with Crippen molar-refractivity contribution in [1.29, 1.82) is 0 Å². The van der Waals surface area contributed by atoms with Gasteiger partial charge in [0.1, 0.15) is 5.82 Å². The number of benzene rings is 1. The van der Waals surface area contributed by atoms with Crippen LogP contribution in [0.1, 0.15) is 54.7 Å². The zero-order valence-corrected chi connectivity index (χ0v) is 15.0. The Morgan fingerprint density at radius 2 is 2.04 bits per heavy atom. The van der Waals surface area contributed by atoms with Gasteiger partial charge in [-0.15, -0.1) is 10.2 Å². The molecule has 1 atom stereocenters.